The van der Waals surface area contributed by atoms with Gasteiger partial charge in [0.25, 0.3) is 0 Å². The molecule has 0 aromatic heterocycles. The van der Waals surface area contributed by atoms with Gasteiger partial charge >= 0.3 is 21.3 Å². The van der Waals surface area contributed by atoms with Crippen molar-refractivity contribution in [3.63, 3.8) is 0 Å². The van der Waals surface area contributed by atoms with Gasteiger partial charge in [0, 0.05) is 0 Å². The maximum Gasteiger partial charge on any atom is 0.476 e. The molecule has 0 saturated heterocycles. The van der Waals surface area contributed by atoms with Crippen LogP contribution in [0.2, 0.25) is 0 Å². The summed E-state index contributed by atoms with van der Waals surface area (Å²) in [6.45, 7) is -9.30. The van der Waals surface area contributed by atoms with Crippen LogP contribution in [0.3, 0.4) is 0 Å². The molecule has 0 radical (unpaired) electrons. The normalized spacial score (nSPS) is 20.1. The van der Waals surface area contributed by atoms with Crippen molar-refractivity contribution in [1.29, 1.82) is 0 Å². The van der Waals surface area contributed by atoms with E-state index in [4.69, 9.17) is 19.8 Å². The number of hydrogen-bond acceptors (Lipinski definition) is 7. The Labute approximate surface area is 101 Å². The van der Waals surface area contributed by atoms with E-state index in [1.165, 1.54) is 0 Å². The molecule has 0 heterocycles. The molecular weight excluding hydrogens is 325 g/mol. The molecule has 0 saturated carbocycles. The molecule has 0 aromatic carbocycles. The molecule has 0 amide bonds. The predicted molar refractivity (Wildman–Crippen MR) is 60.3 cm³/mol. The van der Waals surface area contributed by atoms with Crippen LogP contribution in [-0.4, -0.2) is 37.9 Å². The Kier molecular flexibility index (Phi) is 6.88. The molecular formula is C2H9O9P3S2. The van der Waals surface area contributed by atoms with E-state index in [1.54, 1.807) is 0 Å². The summed E-state index contributed by atoms with van der Waals surface area (Å²) >= 11 is 8.50. The van der Waals surface area contributed by atoms with Crippen LogP contribution in [0.25, 0.3) is 0 Å². The van der Waals surface area contributed by atoms with Gasteiger partial charge < -0.3 is 29.2 Å². The summed E-state index contributed by atoms with van der Waals surface area (Å²) in [6, 6.07) is 0. The first-order valence-electron chi connectivity index (χ1n) is 3.37. The Morgan fingerprint density at radius 3 is 1.88 bits per heavy atom. The highest BCUT2D eigenvalue weighted by Gasteiger charge is 2.33. The zero-order valence-corrected chi connectivity index (χ0v) is 11.8. The Morgan fingerprint density at radius 2 is 1.50 bits per heavy atom. The van der Waals surface area contributed by atoms with Crippen LogP contribution in [0.15, 0.2) is 0 Å². The minimum atomic E-state index is -5.07. The van der Waals surface area contributed by atoms with Crippen molar-refractivity contribution in [2.24, 2.45) is 0 Å². The van der Waals surface area contributed by atoms with Crippen LogP contribution < -0.4 is 0 Å². The highest BCUT2D eigenvalue weighted by Crippen LogP contribution is 2.66. The monoisotopic (exact) mass is 334 g/mol. The summed E-state index contributed by atoms with van der Waals surface area (Å²) in [5.41, 5.74) is 0. The lowest BCUT2D eigenvalue weighted by molar-refractivity contribution is 0.177. The topological polar surface area (TPSA) is 146 Å². The number of aliphatic hydroxyl groups excluding tert-OH is 1. The van der Waals surface area contributed by atoms with Crippen molar-refractivity contribution in [2.75, 3.05) is 13.2 Å². The van der Waals surface area contributed by atoms with E-state index in [0.29, 0.717) is 0 Å². The van der Waals surface area contributed by atoms with E-state index in [2.05, 4.69) is 36.8 Å². The van der Waals surface area contributed by atoms with Crippen LogP contribution in [0.1, 0.15) is 0 Å². The molecule has 5 N–H and O–H groups in total. The van der Waals surface area contributed by atoms with E-state index < -0.39 is 27.9 Å². The third-order valence-corrected chi connectivity index (χ3v) is 6.71. The van der Waals surface area contributed by atoms with E-state index in [-0.39, 0.29) is 6.61 Å². The molecule has 0 aliphatic heterocycles. The Balaban J connectivity index is 4.52. The average molecular weight is 334 g/mol. The fourth-order valence-electron chi connectivity index (χ4n) is 0.459. The molecule has 2 atom stereocenters. The molecule has 0 fully saturated rings. The van der Waals surface area contributed by atoms with Crippen LogP contribution in [-0.2, 0) is 41.3 Å². The molecule has 0 rings (SSSR count). The van der Waals surface area contributed by atoms with Crippen LogP contribution >= 0.6 is 21.3 Å². The first-order chi connectivity index (χ1) is 6.97. The Bertz CT molecular complexity index is 362. The van der Waals surface area contributed by atoms with E-state index in [0.717, 1.165) is 0 Å². The van der Waals surface area contributed by atoms with Crippen molar-refractivity contribution in [2.45, 2.75) is 0 Å². The van der Waals surface area contributed by atoms with Gasteiger partial charge in [-0.05, 0) is 23.6 Å². The number of hydrogen-bond donors (Lipinski definition) is 5. The first-order valence-corrected chi connectivity index (χ1v) is 10.1. The largest absolute Gasteiger partial charge is 0.476 e. The lowest BCUT2D eigenvalue weighted by atomic mass is 10.8. The molecule has 16 heavy (non-hydrogen) atoms. The quantitative estimate of drug-likeness (QED) is 0.386. The van der Waals surface area contributed by atoms with Crippen molar-refractivity contribution in [3.8, 4) is 0 Å². The van der Waals surface area contributed by atoms with Crippen molar-refractivity contribution in [3.05, 3.63) is 0 Å². The number of aliphatic hydroxyl groups is 1. The summed E-state index contributed by atoms with van der Waals surface area (Å²) in [5.74, 6) is 0. The standard InChI is InChI=1S/C2H9O9P3S2/c3-1-2-9-13(7,15)11-14(8,16)10-12(4,5)6/h3H,1-2H2,(H,7,15)(H,8,16)(H2,4,5,6). The third kappa shape index (κ3) is 9.26. The molecule has 0 spiro atoms. The minimum Gasteiger partial charge on any atom is -0.394 e. The van der Waals surface area contributed by atoms with Crippen LogP contribution in [0, 0.1) is 0 Å². The molecule has 0 aliphatic carbocycles. The van der Waals surface area contributed by atoms with Gasteiger partial charge in [-0.3, -0.25) is 0 Å². The Morgan fingerprint density at radius 1 is 1.00 bits per heavy atom. The number of rotatable bonds is 7. The van der Waals surface area contributed by atoms with Gasteiger partial charge in [-0.1, -0.05) is 0 Å². The number of phosphoric acid groups is 1. The zero-order valence-electron chi connectivity index (χ0n) is 7.44. The zero-order chi connectivity index (χ0) is 13.0. The smallest absolute Gasteiger partial charge is 0.394 e. The summed E-state index contributed by atoms with van der Waals surface area (Å²) in [4.78, 5) is 35.1. The molecule has 0 aromatic rings. The summed E-state index contributed by atoms with van der Waals surface area (Å²) in [5, 5.41) is 8.36. The van der Waals surface area contributed by atoms with Gasteiger partial charge in [-0.2, -0.15) is 0 Å². The lowest BCUT2D eigenvalue weighted by Gasteiger charge is -2.20. The fraction of sp³-hybridized carbons (Fsp3) is 1.00. The molecule has 14 heteroatoms. The minimum absolute atomic E-state index is 0.390. The van der Waals surface area contributed by atoms with Gasteiger partial charge in [0.15, 0.2) is 0 Å². The molecule has 0 aliphatic rings. The van der Waals surface area contributed by atoms with Crippen LogP contribution in [0.4, 0.5) is 0 Å². The maximum atomic E-state index is 10.4. The second-order valence-corrected chi connectivity index (χ2v) is 9.34. The van der Waals surface area contributed by atoms with E-state index >= 15 is 0 Å². The van der Waals surface area contributed by atoms with Crippen molar-refractivity contribution < 1.29 is 42.4 Å². The maximum absolute atomic E-state index is 10.4. The van der Waals surface area contributed by atoms with Gasteiger partial charge in [0.1, 0.15) is 0 Å². The average Bonchev–Trinajstić information content (AvgIpc) is 1.93. The summed E-state index contributed by atoms with van der Waals surface area (Å²) in [7, 11) is -5.07. The van der Waals surface area contributed by atoms with Crippen LogP contribution in [0.5, 0.6) is 0 Å². The van der Waals surface area contributed by atoms with Gasteiger partial charge in [0.05, 0.1) is 13.2 Å². The molecule has 0 bridgehead atoms. The second kappa shape index (κ2) is 6.40. The third-order valence-electron chi connectivity index (χ3n) is 0.762. The first kappa shape index (κ1) is 17.2. The van der Waals surface area contributed by atoms with Gasteiger partial charge in [0.2, 0.25) is 0 Å². The Hall–Kier alpha value is 1.21. The predicted octanol–water partition coefficient (Wildman–Crippen LogP) is -0.445. The van der Waals surface area contributed by atoms with Crippen molar-refractivity contribution in [1.82, 2.24) is 0 Å². The highest BCUT2D eigenvalue weighted by molar-refractivity contribution is 8.15. The highest BCUT2D eigenvalue weighted by atomic mass is 32.5. The molecule has 98 valence electrons. The fourth-order valence-corrected chi connectivity index (χ4v) is 6.48. The molecule has 9 nitrogen and oxygen atoms in total. The molecule has 2 unspecified atom stereocenters. The van der Waals surface area contributed by atoms with E-state index in [1.807, 2.05) is 0 Å². The van der Waals surface area contributed by atoms with Gasteiger partial charge in [-0.15, -0.1) is 0 Å². The summed E-state index contributed by atoms with van der Waals surface area (Å²) in [6.07, 6.45) is 0. The second-order valence-electron chi connectivity index (χ2n) is 2.15. The van der Waals surface area contributed by atoms with E-state index in [9.17, 15) is 9.46 Å². The van der Waals surface area contributed by atoms with Gasteiger partial charge in [-0.25, -0.2) is 13.2 Å². The lowest BCUT2D eigenvalue weighted by Crippen LogP contribution is -2.00. The summed E-state index contributed by atoms with van der Waals surface area (Å²) < 4.78 is 22.7. The SMILES string of the molecule is O=P(O)(O)OP(O)(=S)OP(O)(=S)OCCO. The van der Waals surface area contributed by atoms with Crippen molar-refractivity contribution >= 4 is 44.9 Å².